The molecule has 0 saturated carbocycles. The van der Waals surface area contributed by atoms with Crippen LogP contribution in [0.2, 0.25) is 0 Å². The lowest BCUT2D eigenvalue weighted by atomic mass is 10.1. The monoisotopic (exact) mass is 300 g/mol. The number of Topliss-reactive ketones (excluding diaryl/α,β-unsaturated/α-hetero) is 1. The standard InChI is InChI=1S/C17H17FN2O2/c1-3-4-10-22-12-16(21)17-15(18)11-19-20(17)13(2)14-8-6-5-7-9-14/h5-9,11,13H,10,12H2,1-2H3/t13-/m1/s1. The largest absolute Gasteiger partial charge is 0.361 e. The molecular formula is C17H17FN2O2. The number of carbonyl (C=O) groups is 1. The normalized spacial score (nSPS) is 11.6. The Morgan fingerprint density at radius 2 is 2.14 bits per heavy atom. The van der Waals surface area contributed by atoms with Crippen molar-refractivity contribution in [2.24, 2.45) is 0 Å². The van der Waals surface area contributed by atoms with E-state index >= 15 is 0 Å². The van der Waals surface area contributed by atoms with E-state index in [1.54, 1.807) is 6.92 Å². The minimum absolute atomic E-state index is 0.0687. The van der Waals surface area contributed by atoms with Gasteiger partial charge in [-0.3, -0.25) is 9.48 Å². The van der Waals surface area contributed by atoms with Crippen LogP contribution in [-0.2, 0) is 4.74 Å². The van der Waals surface area contributed by atoms with Gasteiger partial charge >= 0.3 is 0 Å². The van der Waals surface area contributed by atoms with E-state index in [2.05, 4.69) is 16.9 Å². The molecule has 4 nitrogen and oxygen atoms in total. The van der Waals surface area contributed by atoms with Crippen LogP contribution >= 0.6 is 0 Å². The Labute approximate surface area is 128 Å². The molecule has 5 heteroatoms. The molecule has 1 aromatic carbocycles. The molecule has 0 saturated heterocycles. The summed E-state index contributed by atoms with van der Waals surface area (Å²) in [4.78, 5) is 12.2. The van der Waals surface area contributed by atoms with Gasteiger partial charge in [0.15, 0.2) is 5.82 Å². The van der Waals surface area contributed by atoms with E-state index in [4.69, 9.17) is 4.74 Å². The van der Waals surface area contributed by atoms with Gasteiger partial charge in [-0.15, -0.1) is 5.92 Å². The molecule has 1 aromatic heterocycles. The van der Waals surface area contributed by atoms with Gasteiger partial charge in [0, 0.05) is 0 Å². The number of nitrogens with zero attached hydrogens (tertiary/aromatic N) is 2. The predicted molar refractivity (Wildman–Crippen MR) is 81.0 cm³/mol. The zero-order valence-corrected chi connectivity index (χ0v) is 12.5. The van der Waals surface area contributed by atoms with Crippen LogP contribution in [0, 0.1) is 17.7 Å². The summed E-state index contributed by atoms with van der Waals surface area (Å²) in [5.74, 6) is 4.26. The van der Waals surface area contributed by atoms with E-state index in [-0.39, 0.29) is 24.9 Å². The fourth-order valence-electron chi connectivity index (χ4n) is 2.10. The highest BCUT2D eigenvalue weighted by molar-refractivity contribution is 5.95. The molecule has 0 unspecified atom stereocenters. The number of benzene rings is 1. The molecular weight excluding hydrogens is 283 g/mol. The second-order valence-electron chi connectivity index (χ2n) is 4.72. The smallest absolute Gasteiger partial charge is 0.209 e. The van der Waals surface area contributed by atoms with Crippen LogP contribution in [0.5, 0.6) is 0 Å². The van der Waals surface area contributed by atoms with Gasteiger partial charge in [-0.05, 0) is 19.4 Å². The second kappa shape index (κ2) is 7.53. The highest BCUT2D eigenvalue weighted by Crippen LogP contribution is 2.20. The van der Waals surface area contributed by atoms with Crippen molar-refractivity contribution in [3.63, 3.8) is 0 Å². The molecule has 1 heterocycles. The molecule has 1 atom stereocenters. The molecule has 114 valence electrons. The lowest BCUT2D eigenvalue weighted by Crippen LogP contribution is -2.20. The molecule has 2 aromatic rings. The Balaban J connectivity index is 2.20. The first-order valence-corrected chi connectivity index (χ1v) is 6.93. The summed E-state index contributed by atoms with van der Waals surface area (Å²) < 4.78 is 20.4. The number of ketones is 1. The summed E-state index contributed by atoms with van der Waals surface area (Å²) in [7, 11) is 0. The first-order chi connectivity index (χ1) is 10.6. The average molecular weight is 300 g/mol. The molecule has 0 spiro atoms. The van der Waals surface area contributed by atoms with E-state index in [9.17, 15) is 9.18 Å². The first kappa shape index (κ1) is 15.9. The van der Waals surface area contributed by atoms with Crippen molar-refractivity contribution in [2.45, 2.75) is 19.9 Å². The third-order valence-corrected chi connectivity index (χ3v) is 3.25. The molecule has 0 amide bonds. The molecule has 0 bridgehead atoms. The Kier molecular flexibility index (Phi) is 5.45. The molecule has 22 heavy (non-hydrogen) atoms. The number of carbonyl (C=O) groups excluding carboxylic acids is 1. The van der Waals surface area contributed by atoms with E-state index in [1.807, 2.05) is 37.3 Å². The van der Waals surface area contributed by atoms with Crippen LogP contribution in [0.4, 0.5) is 4.39 Å². The van der Waals surface area contributed by atoms with Gasteiger partial charge in [-0.1, -0.05) is 36.3 Å². The molecule has 0 radical (unpaired) electrons. The summed E-state index contributed by atoms with van der Waals surface area (Å²) in [6.45, 7) is 3.47. The van der Waals surface area contributed by atoms with E-state index in [0.717, 1.165) is 11.8 Å². The van der Waals surface area contributed by atoms with Crippen molar-refractivity contribution in [1.82, 2.24) is 9.78 Å². The maximum absolute atomic E-state index is 13.9. The van der Waals surface area contributed by atoms with Crippen LogP contribution in [-0.4, -0.2) is 28.8 Å². The quantitative estimate of drug-likeness (QED) is 0.468. The Morgan fingerprint density at radius 1 is 1.41 bits per heavy atom. The van der Waals surface area contributed by atoms with Gasteiger partial charge < -0.3 is 4.74 Å². The molecule has 0 aliphatic carbocycles. The highest BCUT2D eigenvalue weighted by atomic mass is 19.1. The Hall–Kier alpha value is -2.45. The lowest BCUT2D eigenvalue weighted by molar-refractivity contribution is 0.0796. The topological polar surface area (TPSA) is 44.1 Å². The maximum Gasteiger partial charge on any atom is 0.209 e. The number of hydrogen-bond donors (Lipinski definition) is 0. The van der Waals surface area contributed by atoms with Crippen molar-refractivity contribution in [3.05, 3.63) is 53.6 Å². The third-order valence-electron chi connectivity index (χ3n) is 3.25. The number of hydrogen-bond acceptors (Lipinski definition) is 3. The maximum atomic E-state index is 13.9. The predicted octanol–water partition coefficient (Wildman–Crippen LogP) is 2.85. The minimum Gasteiger partial charge on any atom is -0.361 e. The van der Waals surface area contributed by atoms with Gasteiger partial charge in [0.05, 0.1) is 12.2 Å². The summed E-state index contributed by atoms with van der Waals surface area (Å²) in [6.07, 6.45) is 1.05. The zero-order valence-electron chi connectivity index (χ0n) is 12.5. The SMILES string of the molecule is CC#CCOCC(=O)c1c(F)cnn1[C@H](C)c1ccccc1. The van der Waals surface area contributed by atoms with Crippen molar-refractivity contribution in [1.29, 1.82) is 0 Å². The van der Waals surface area contributed by atoms with Gasteiger partial charge in [0.1, 0.15) is 18.9 Å². The molecule has 0 fully saturated rings. The molecule has 0 N–H and O–H groups in total. The summed E-state index contributed by atoms with van der Waals surface area (Å²) in [5, 5.41) is 3.99. The van der Waals surface area contributed by atoms with Crippen molar-refractivity contribution < 1.29 is 13.9 Å². The van der Waals surface area contributed by atoms with Gasteiger partial charge in [0.25, 0.3) is 0 Å². The number of ether oxygens (including phenoxy) is 1. The van der Waals surface area contributed by atoms with E-state index < -0.39 is 11.6 Å². The fraction of sp³-hybridized carbons (Fsp3) is 0.294. The third kappa shape index (κ3) is 3.60. The van der Waals surface area contributed by atoms with E-state index in [0.29, 0.717) is 0 Å². The van der Waals surface area contributed by atoms with Crippen LogP contribution in [0.3, 0.4) is 0 Å². The molecule has 0 aliphatic heterocycles. The number of rotatable bonds is 6. The molecule has 2 rings (SSSR count). The lowest BCUT2D eigenvalue weighted by Gasteiger charge is -2.15. The summed E-state index contributed by atoms with van der Waals surface area (Å²) >= 11 is 0. The van der Waals surface area contributed by atoms with Crippen molar-refractivity contribution >= 4 is 5.78 Å². The average Bonchev–Trinajstić information content (AvgIpc) is 2.93. The Morgan fingerprint density at radius 3 is 2.82 bits per heavy atom. The van der Waals surface area contributed by atoms with Crippen LogP contribution in [0.1, 0.15) is 35.9 Å². The second-order valence-corrected chi connectivity index (χ2v) is 4.72. The first-order valence-electron chi connectivity index (χ1n) is 6.93. The summed E-state index contributed by atoms with van der Waals surface area (Å²) in [5.41, 5.74) is 0.873. The van der Waals surface area contributed by atoms with Gasteiger partial charge in [-0.25, -0.2) is 4.39 Å². The van der Waals surface area contributed by atoms with Gasteiger partial charge in [-0.2, -0.15) is 5.10 Å². The Bertz CT molecular complexity index is 698. The van der Waals surface area contributed by atoms with E-state index in [1.165, 1.54) is 4.68 Å². The number of halogens is 1. The van der Waals surface area contributed by atoms with Gasteiger partial charge in [0.2, 0.25) is 5.78 Å². The van der Waals surface area contributed by atoms with Crippen LogP contribution < -0.4 is 0 Å². The number of aromatic nitrogens is 2. The highest BCUT2D eigenvalue weighted by Gasteiger charge is 2.22. The fourth-order valence-corrected chi connectivity index (χ4v) is 2.10. The molecule has 0 aliphatic rings. The van der Waals surface area contributed by atoms with Crippen molar-refractivity contribution in [2.75, 3.05) is 13.2 Å². The van der Waals surface area contributed by atoms with Crippen LogP contribution in [0.15, 0.2) is 36.5 Å². The minimum atomic E-state index is -0.641. The zero-order chi connectivity index (χ0) is 15.9. The summed E-state index contributed by atoms with van der Waals surface area (Å²) in [6, 6.07) is 9.24. The van der Waals surface area contributed by atoms with Crippen molar-refractivity contribution in [3.8, 4) is 11.8 Å². The van der Waals surface area contributed by atoms with Crippen LogP contribution in [0.25, 0.3) is 0 Å².